The number of anilines is 1. The van der Waals surface area contributed by atoms with Gasteiger partial charge in [0.1, 0.15) is 17.2 Å². The molecule has 104 valence electrons. The van der Waals surface area contributed by atoms with E-state index in [1.165, 1.54) is 7.11 Å². The van der Waals surface area contributed by atoms with Gasteiger partial charge >= 0.3 is 5.97 Å². The van der Waals surface area contributed by atoms with Gasteiger partial charge in [0, 0.05) is 12.8 Å². The summed E-state index contributed by atoms with van der Waals surface area (Å²) < 4.78 is 5.62. The number of nitrogens with one attached hydrogen (secondary N) is 1. The first-order chi connectivity index (χ1) is 9.10. The SMILES string of the molecule is CNc1ncnc(SCC2(CC(=O)OC)CC2)c1Br. The first-order valence-electron chi connectivity index (χ1n) is 5.98. The standard InChI is InChI=1S/C12H16BrN3O2S/c1-14-10-9(13)11(16-7-15-10)19-6-12(3-4-12)5-8(17)18-2/h7H,3-6H2,1-2H3,(H,14,15,16). The number of carbonyl (C=O) groups excluding carboxylic acids is 1. The first kappa shape index (κ1) is 14.6. The number of aromatic nitrogens is 2. The van der Waals surface area contributed by atoms with E-state index in [1.807, 2.05) is 7.05 Å². The van der Waals surface area contributed by atoms with Crippen molar-refractivity contribution in [1.82, 2.24) is 9.97 Å². The molecule has 5 nitrogen and oxygen atoms in total. The third-order valence-electron chi connectivity index (χ3n) is 3.21. The van der Waals surface area contributed by atoms with E-state index in [1.54, 1.807) is 18.1 Å². The van der Waals surface area contributed by atoms with E-state index in [0.717, 1.165) is 33.9 Å². The van der Waals surface area contributed by atoms with E-state index < -0.39 is 0 Å². The van der Waals surface area contributed by atoms with Crippen LogP contribution in [0.15, 0.2) is 15.8 Å². The fraction of sp³-hybridized carbons (Fsp3) is 0.583. The zero-order chi connectivity index (χ0) is 13.9. The first-order valence-corrected chi connectivity index (χ1v) is 7.76. The van der Waals surface area contributed by atoms with E-state index in [2.05, 4.69) is 31.2 Å². The Morgan fingerprint density at radius 3 is 2.89 bits per heavy atom. The Labute approximate surface area is 125 Å². The molecule has 0 aliphatic heterocycles. The van der Waals surface area contributed by atoms with Gasteiger partial charge in [0.2, 0.25) is 0 Å². The van der Waals surface area contributed by atoms with E-state index in [9.17, 15) is 4.79 Å². The second-order valence-electron chi connectivity index (χ2n) is 4.63. The zero-order valence-electron chi connectivity index (χ0n) is 10.9. The summed E-state index contributed by atoms with van der Waals surface area (Å²) in [5, 5.41) is 3.90. The zero-order valence-corrected chi connectivity index (χ0v) is 13.3. The van der Waals surface area contributed by atoms with E-state index in [-0.39, 0.29) is 11.4 Å². The predicted octanol–water partition coefficient (Wildman–Crippen LogP) is 2.72. The normalized spacial score (nSPS) is 15.9. The molecule has 7 heteroatoms. The van der Waals surface area contributed by atoms with Crippen LogP contribution in [0.3, 0.4) is 0 Å². The molecule has 0 aromatic carbocycles. The molecule has 19 heavy (non-hydrogen) atoms. The van der Waals surface area contributed by atoms with Crippen molar-refractivity contribution in [3.8, 4) is 0 Å². The van der Waals surface area contributed by atoms with Crippen molar-refractivity contribution >= 4 is 39.5 Å². The maximum atomic E-state index is 11.4. The maximum Gasteiger partial charge on any atom is 0.306 e. The highest BCUT2D eigenvalue weighted by Gasteiger charge is 2.44. The Balaban J connectivity index is 1.97. The average molecular weight is 346 g/mol. The number of ether oxygens (including phenoxy) is 1. The molecule has 1 aliphatic rings. The molecule has 1 heterocycles. The van der Waals surface area contributed by atoms with Gasteiger partial charge in [-0.15, -0.1) is 11.8 Å². The molecule has 0 atom stereocenters. The topological polar surface area (TPSA) is 64.1 Å². The summed E-state index contributed by atoms with van der Waals surface area (Å²) in [6.07, 6.45) is 4.20. The molecule has 0 spiro atoms. The molecule has 0 unspecified atom stereocenters. The number of nitrogens with zero attached hydrogens (tertiary/aromatic N) is 2. The van der Waals surface area contributed by atoms with E-state index >= 15 is 0 Å². The van der Waals surface area contributed by atoms with Crippen LogP contribution in [0.2, 0.25) is 0 Å². The van der Waals surface area contributed by atoms with Crippen LogP contribution in [0.1, 0.15) is 19.3 Å². The summed E-state index contributed by atoms with van der Waals surface area (Å²) in [5.74, 6) is 1.52. The lowest BCUT2D eigenvalue weighted by Crippen LogP contribution is -2.13. The summed E-state index contributed by atoms with van der Waals surface area (Å²) in [6, 6.07) is 0. The summed E-state index contributed by atoms with van der Waals surface area (Å²) >= 11 is 5.15. The second kappa shape index (κ2) is 6.09. The molecular weight excluding hydrogens is 330 g/mol. The van der Waals surface area contributed by atoms with Crippen LogP contribution in [0.25, 0.3) is 0 Å². The molecule has 1 aliphatic carbocycles. The fourth-order valence-corrected chi connectivity index (χ4v) is 3.70. The lowest BCUT2D eigenvalue weighted by molar-refractivity contribution is -0.141. The van der Waals surface area contributed by atoms with Crippen molar-refractivity contribution in [2.75, 3.05) is 25.2 Å². The second-order valence-corrected chi connectivity index (χ2v) is 6.39. The van der Waals surface area contributed by atoms with Crippen molar-refractivity contribution in [2.45, 2.75) is 24.3 Å². The summed E-state index contributed by atoms with van der Waals surface area (Å²) in [7, 11) is 3.26. The number of rotatable bonds is 6. The minimum absolute atomic E-state index is 0.0992. The Bertz CT molecular complexity index is 480. The number of carbonyl (C=O) groups is 1. The Hall–Kier alpha value is -0.820. The number of hydrogen-bond acceptors (Lipinski definition) is 6. The average Bonchev–Trinajstić information content (AvgIpc) is 3.17. The highest BCUT2D eigenvalue weighted by atomic mass is 79.9. The van der Waals surface area contributed by atoms with Gasteiger partial charge in [-0.3, -0.25) is 4.79 Å². The summed E-state index contributed by atoms with van der Waals surface area (Å²) in [6.45, 7) is 0. The van der Waals surface area contributed by atoms with Gasteiger partial charge in [0.25, 0.3) is 0 Å². The van der Waals surface area contributed by atoms with Crippen LogP contribution < -0.4 is 5.32 Å². The molecule has 0 bridgehead atoms. The van der Waals surface area contributed by atoms with Gasteiger partial charge < -0.3 is 10.1 Å². The minimum atomic E-state index is -0.129. The van der Waals surface area contributed by atoms with Crippen LogP contribution in [-0.4, -0.2) is 35.8 Å². The lowest BCUT2D eigenvalue weighted by atomic mass is 10.1. The molecule has 1 fully saturated rings. The Kier molecular flexibility index (Phi) is 4.67. The molecule has 1 saturated carbocycles. The van der Waals surface area contributed by atoms with Gasteiger partial charge in [-0.05, 0) is 34.2 Å². The number of hydrogen-bond donors (Lipinski definition) is 1. The van der Waals surface area contributed by atoms with Crippen molar-refractivity contribution in [3.63, 3.8) is 0 Å². The van der Waals surface area contributed by atoms with E-state index in [4.69, 9.17) is 4.74 Å². The number of halogens is 1. The molecule has 1 aromatic heterocycles. The lowest BCUT2D eigenvalue weighted by Gasteiger charge is -2.13. The quantitative estimate of drug-likeness (QED) is 0.485. The smallest absolute Gasteiger partial charge is 0.306 e. The van der Waals surface area contributed by atoms with Gasteiger partial charge in [0.05, 0.1) is 18.0 Å². The summed E-state index contributed by atoms with van der Waals surface area (Å²) in [4.78, 5) is 19.8. The highest BCUT2D eigenvalue weighted by Crippen LogP contribution is 2.52. The number of methoxy groups -OCH3 is 1. The molecule has 0 amide bonds. The van der Waals surface area contributed by atoms with Crippen LogP contribution in [0.4, 0.5) is 5.82 Å². The van der Waals surface area contributed by atoms with Crippen molar-refractivity contribution < 1.29 is 9.53 Å². The van der Waals surface area contributed by atoms with Crippen LogP contribution >= 0.6 is 27.7 Å². The van der Waals surface area contributed by atoms with E-state index in [0.29, 0.717) is 6.42 Å². The predicted molar refractivity (Wildman–Crippen MR) is 78.3 cm³/mol. The van der Waals surface area contributed by atoms with Crippen molar-refractivity contribution in [2.24, 2.45) is 5.41 Å². The minimum Gasteiger partial charge on any atom is -0.469 e. The molecule has 1 aromatic rings. The maximum absolute atomic E-state index is 11.4. The molecule has 2 rings (SSSR count). The summed E-state index contributed by atoms with van der Waals surface area (Å²) in [5.41, 5.74) is 0.0992. The van der Waals surface area contributed by atoms with Crippen LogP contribution in [0.5, 0.6) is 0 Å². The molecule has 1 N–H and O–H groups in total. The molecular formula is C12H16BrN3O2S. The Morgan fingerprint density at radius 2 is 2.32 bits per heavy atom. The third-order valence-corrected chi connectivity index (χ3v) is 5.57. The van der Waals surface area contributed by atoms with Crippen LogP contribution in [0, 0.1) is 5.41 Å². The Morgan fingerprint density at radius 1 is 1.58 bits per heavy atom. The largest absolute Gasteiger partial charge is 0.469 e. The third kappa shape index (κ3) is 3.60. The molecule has 0 saturated heterocycles. The van der Waals surface area contributed by atoms with Crippen molar-refractivity contribution in [3.05, 3.63) is 10.8 Å². The number of thioether (sulfide) groups is 1. The highest BCUT2D eigenvalue weighted by molar-refractivity contribution is 9.10. The van der Waals surface area contributed by atoms with Gasteiger partial charge in [0.15, 0.2) is 0 Å². The van der Waals surface area contributed by atoms with Crippen LogP contribution in [-0.2, 0) is 9.53 Å². The van der Waals surface area contributed by atoms with Crippen molar-refractivity contribution in [1.29, 1.82) is 0 Å². The van der Waals surface area contributed by atoms with Gasteiger partial charge in [-0.1, -0.05) is 0 Å². The van der Waals surface area contributed by atoms with Gasteiger partial charge in [-0.25, -0.2) is 9.97 Å². The fourth-order valence-electron chi connectivity index (χ4n) is 1.78. The van der Waals surface area contributed by atoms with Gasteiger partial charge in [-0.2, -0.15) is 0 Å². The number of esters is 1. The molecule has 0 radical (unpaired) electrons. The monoisotopic (exact) mass is 345 g/mol.